The molecule has 29 heavy (non-hydrogen) atoms. The number of carbonyl (C=O) groups excluding carboxylic acids is 1. The van der Waals surface area contributed by atoms with Gasteiger partial charge in [-0.15, -0.1) is 0 Å². The number of fused-ring (bicyclic) bond motifs is 1. The van der Waals surface area contributed by atoms with Crippen molar-refractivity contribution in [2.75, 3.05) is 19.7 Å². The molecule has 1 saturated heterocycles. The monoisotopic (exact) mass is 414 g/mol. The first-order valence-corrected chi connectivity index (χ1v) is 11.5. The molecule has 0 spiro atoms. The Morgan fingerprint density at radius 2 is 1.90 bits per heavy atom. The number of rotatable bonds is 5. The third kappa shape index (κ3) is 3.89. The zero-order valence-corrected chi connectivity index (χ0v) is 17.4. The fourth-order valence-electron chi connectivity index (χ4n) is 4.19. The van der Waals surface area contributed by atoms with Gasteiger partial charge in [0, 0.05) is 19.6 Å². The Bertz CT molecular complexity index is 991. The Morgan fingerprint density at radius 1 is 1.10 bits per heavy atom. The van der Waals surface area contributed by atoms with E-state index in [0.717, 1.165) is 17.7 Å². The van der Waals surface area contributed by atoms with Crippen LogP contribution < -0.4 is 4.74 Å². The molecule has 2 aliphatic heterocycles. The summed E-state index contributed by atoms with van der Waals surface area (Å²) < 4.78 is 33.1. The highest BCUT2D eigenvalue weighted by atomic mass is 32.2. The van der Waals surface area contributed by atoms with Crippen molar-refractivity contribution in [1.29, 1.82) is 0 Å². The molecule has 0 N–H and O–H groups in total. The molecule has 2 aromatic carbocycles. The third-order valence-corrected chi connectivity index (χ3v) is 7.57. The van der Waals surface area contributed by atoms with Crippen molar-refractivity contribution < 1.29 is 17.9 Å². The molecule has 4 rings (SSSR count). The summed E-state index contributed by atoms with van der Waals surface area (Å²) >= 11 is 0. The van der Waals surface area contributed by atoms with Crippen LogP contribution >= 0.6 is 0 Å². The average Bonchev–Trinajstić information content (AvgIpc) is 3.24. The lowest BCUT2D eigenvalue weighted by Crippen LogP contribution is -2.49. The topological polar surface area (TPSA) is 66.9 Å². The van der Waals surface area contributed by atoms with Crippen LogP contribution in [-0.2, 0) is 27.8 Å². The van der Waals surface area contributed by atoms with Gasteiger partial charge in [-0.1, -0.05) is 24.3 Å². The summed E-state index contributed by atoms with van der Waals surface area (Å²) in [5.41, 5.74) is 2.30. The van der Waals surface area contributed by atoms with Crippen LogP contribution in [0.15, 0.2) is 53.4 Å². The summed E-state index contributed by atoms with van der Waals surface area (Å²) in [5, 5.41) is 0. The Balaban J connectivity index is 1.54. The van der Waals surface area contributed by atoms with Crippen molar-refractivity contribution in [3.8, 4) is 5.75 Å². The normalized spacial score (nSPS) is 19.8. The first-order valence-electron chi connectivity index (χ1n) is 10.1. The minimum absolute atomic E-state index is 0.102. The van der Waals surface area contributed by atoms with E-state index in [1.807, 2.05) is 19.1 Å². The van der Waals surface area contributed by atoms with Gasteiger partial charge in [0.1, 0.15) is 11.8 Å². The SMILES string of the molecule is CCOc1ccc2c(c1)CN(C(=O)C1CCCN1S(=O)(=O)c1ccccc1)CC2. The van der Waals surface area contributed by atoms with Gasteiger partial charge in [-0.05, 0) is 61.6 Å². The molecule has 0 saturated carbocycles. The van der Waals surface area contributed by atoms with E-state index in [-0.39, 0.29) is 10.8 Å². The summed E-state index contributed by atoms with van der Waals surface area (Å²) in [5.74, 6) is 0.698. The number of benzene rings is 2. The number of amides is 1. The molecule has 0 radical (unpaired) electrons. The predicted molar refractivity (Wildman–Crippen MR) is 110 cm³/mol. The number of hydrogen-bond acceptors (Lipinski definition) is 4. The van der Waals surface area contributed by atoms with E-state index in [4.69, 9.17) is 4.74 Å². The molecule has 0 aliphatic carbocycles. The Labute approximate surface area is 172 Å². The van der Waals surface area contributed by atoms with Gasteiger partial charge in [0.05, 0.1) is 11.5 Å². The Hall–Kier alpha value is -2.38. The van der Waals surface area contributed by atoms with Gasteiger partial charge in [-0.3, -0.25) is 4.79 Å². The third-order valence-electron chi connectivity index (χ3n) is 5.65. The molecule has 154 valence electrons. The summed E-state index contributed by atoms with van der Waals surface area (Å²) in [7, 11) is -3.68. The van der Waals surface area contributed by atoms with E-state index < -0.39 is 16.1 Å². The van der Waals surface area contributed by atoms with Gasteiger partial charge < -0.3 is 9.64 Å². The first kappa shape index (κ1) is 19.9. The highest BCUT2D eigenvalue weighted by Gasteiger charge is 2.41. The second-order valence-corrected chi connectivity index (χ2v) is 9.35. The molecule has 1 atom stereocenters. The van der Waals surface area contributed by atoms with Crippen molar-refractivity contribution in [2.45, 2.75) is 43.7 Å². The van der Waals surface area contributed by atoms with Crippen LogP contribution in [0.5, 0.6) is 5.75 Å². The zero-order chi connectivity index (χ0) is 20.4. The number of carbonyl (C=O) groups is 1. The van der Waals surface area contributed by atoms with Crippen LogP contribution in [0.25, 0.3) is 0 Å². The lowest BCUT2D eigenvalue weighted by Gasteiger charge is -2.33. The second-order valence-electron chi connectivity index (χ2n) is 7.46. The fourth-order valence-corrected chi connectivity index (χ4v) is 5.86. The van der Waals surface area contributed by atoms with E-state index in [0.29, 0.717) is 39.1 Å². The van der Waals surface area contributed by atoms with Crippen molar-refractivity contribution >= 4 is 15.9 Å². The van der Waals surface area contributed by atoms with Gasteiger partial charge in [0.15, 0.2) is 0 Å². The van der Waals surface area contributed by atoms with Crippen molar-refractivity contribution in [3.05, 3.63) is 59.7 Å². The molecule has 1 unspecified atom stereocenters. The van der Waals surface area contributed by atoms with Crippen LogP contribution in [-0.4, -0.2) is 49.3 Å². The van der Waals surface area contributed by atoms with Gasteiger partial charge >= 0.3 is 0 Å². The molecule has 7 heteroatoms. The number of nitrogens with zero attached hydrogens (tertiary/aromatic N) is 2. The number of hydrogen-bond donors (Lipinski definition) is 0. The highest BCUT2D eigenvalue weighted by Crippen LogP contribution is 2.30. The standard InChI is InChI=1S/C22H26N2O4S/c1-2-28-19-11-10-17-12-14-23(16-18(17)15-19)22(25)21-9-6-13-24(21)29(26,27)20-7-4-3-5-8-20/h3-5,7-8,10-11,15,21H,2,6,9,12-14,16H2,1H3. The van der Waals surface area contributed by atoms with Crippen molar-refractivity contribution in [3.63, 3.8) is 0 Å². The Kier molecular flexibility index (Phi) is 5.61. The maximum Gasteiger partial charge on any atom is 0.243 e. The number of sulfonamides is 1. The van der Waals surface area contributed by atoms with Crippen LogP contribution in [0.1, 0.15) is 30.9 Å². The lowest BCUT2D eigenvalue weighted by molar-refractivity contribution is -0.135. The van der Waals surface area contributed by atoms with Crippen LogP contribution in [0.2, 0.25) is 0 Å². The van der Waals surface area contributed by atoms with Crippen LogP contribution in [0, 0.1) is 0 Å². The minimum atomic E-state index is -3.68. The van der Waals surface area contributed by atoms with E-state index in [1.54, 1.807) is 35.2 Å². The molecule has 0 bridgehead atoms. The molecule has 1 fully saturated rings. The first-order chi connectivity index (χ1) is 14.0. The largest absolute Gasteiger partial charge is 0.494 e. The fraction of sp³-hybridized carbons (Fsp3) is 0.409. The van der Waals surface area contributed by atoms with E-state index >= 15 is 0 Å². The van der Waals surface area contributed by atoms with Crippen LogP contribution in [0.3, 0.4) is 0 Å². The summed E-state index contributed by atoms with van der Waals surface area (Å²) in [4.78, 5) is 15.3. The van der Waals surface area contributed by atoms with E-state index in [9.17, 15) is 13.2 Å². The Morgan fingerprint density at radius 3 is 2.66 bits per heavy atom. The highest BCUT2D eigenvalue weighted by molar-refractivity contribution is 7.89. The molecular formula is C22H26N2O4S. The molecule has 2 aliphatic rings. The molecule has 2 aromatic rings. The predicted octanol–water partition coefficient (Wildman–Crippen LogP) is 2.82. The molecule has 6 nitrogen and oxygen atoms in total. The lowest BCUT2D eigenvalue weighted by atomic mass is 9.98. The number of ether oxygens (including phenoxy) is 1. The van der Waals surface area contributed by atoms with E-state index in [2.05, 4.69) is 6.07 Å². The second kappa shape index (κ2) is 8.16. The maximum absolute atomic E-state index is 13.3. The quantitative estimate of drug-likeness (QED) is 0.755. The van der Waals surface area contributed by atoms with Gasteiger partial charge in [0.2, 0.25) is 15.9 Å². The maximum atomic E-state index is 13.3. The van der Waals surface area contributed by atoms with Crippen molar-refractivity contribution in [2.24, 2.45) is 0 Å². The van der Waals surface area contributed by atoms with E-state index in [1.165, 1.54) is 9.87 Å². The van der Waals surface area contributed by atoms with Crippen LogP contribution in [0.4, 0.5) is 0 Å². The van der Waals surface area contributed by atoms with Gasteiger partial charge in [-0.25, -0.2) is 8.42 Å². The summed E-state index contributed by atoms with van der Waals surface area (Å²) in [6.45, 7) is 4.01. The van der Waals surface area contributed by atoms with Gasteiger partial charge in [-0.2, -0.15) is 4.31 Å². The summed E-state index contributed by atoms with van der Waals surface area (Å²) in [6.07, 6.45) is 2.03. The van der Waals surface area contributed by atoms with Gasteiger partial charge in [0.25, 0.3) is 0 Å². The zero-order valence-electron chi connectivity index (χ0n) is 16.6. The molecular weight excluding hydrogens is 388 g/mol. The summed E-state index contributed by atoms with van der Waals surface area (Å²) in [6, 6.07) is 13.8. The minimum Gasteiger partial charge on any atom is -0.494 e. The molecule has 1 amide bonds. The smallest absolute Gasteiger partial charge is 0.243 e. The van der Waals surface area contributed by atoms with Crippen molar-refractivity contribution in [1.82, 2.24) is 9.21 Å². The average molecular weight is 415 g/mol. The molecule has 2 heterocycles. The molecule has 0 aromatic heterocycles.